The highest BCUT2D eigenvalue weighted by molar-refractivity contribution is 5.28. The van der Waals surface area contributed by atoms with Gasteiger partial charge < -0.3 is 0 Å². The fourth-order valence-corrected chi connectivity index (χ4v) is 1.59. The van der Waals surface area contributed by atoms with E-state index in [-0.39, 0.29) is 6.04 Å². The molecule has 0 aliphatic carbocycles. The first kappa shape index (κ1) is 10.7. The minimum absolute atomic E-state index is 0.0453. The molecule has 2 aromatic rings. The van der Waals surface area contributed by atoms with E-state index >= 15 is 0 Å². The number of nitrogens with two attached hydrogens (primary N) is 1. The van der Waals surface area contributed by atoms with Crippen molar-refractivity contribution in [3.8, 4) is 0 Å². The van der Waals surface area contributed by atoms with Gasteiger partial charge in [0.1, 0.15) is 0 Å². The van der Waals surface area contributed by atoms with Gasteiger partial charge in [0.2, 0.25) is 0 Å². The summed E-state index contributed by atoms with van der Waals surface area (Å²) in [6, 6.07) is 7.82. The van der Waals surface area contributed by atoms with E-state index in [9.17, 15) is 0 Å². The van der Waals surface area contributed by atoms with Crippen LogP contribution in [0.1, 0.15) is 22.9 Å². The maximum Gasteiger partial charge on any atom is 0.0726 e. The molecule has 0 saturated heterocycles. The number of hydrogen-bond donors (Lipinski definition) is 2. The predicted molar refractivity (Wildman–Crippen MR) is 62.4 cm³/mol. The van der Waals surface area contributed by atoms with Crippen molar-refractivity contribution in [2.75, 3.05) is 0 Å². The Bertz CT molecular complexity index is 438. The van der Waals surface area contributed by atoms with Gasteiger partial charge in [-0.05, 0) is 36.2 Å². The number of rotatable bonds is 3. The molecule has 4 nitrogen and oxygen atoms in total. The molecular formula is C12H14N4. The molecule has 4 heteroatoms. The standard InChI is InChI=1S/C12H14N4/c1-9-2-3-11(8-15-9)12(16-13)10-4-6-14-7-5-10/h2-8,12,16H,13H2,1H3. The maximum atomic E-state index is 5.58. The molecule has 2 rings (SSSR count). The fraction of sp³-hybridized carbons (Fsp3) is 0.167. The van der Waals surface area contributed by atoms with Crippen molar-refractivity contribution in [1.29, 1.82) is 0 Å². The topological polar surface area (TPSA) is 63.8 Å². The third kappa shape index (κ3) is 2.24. The SMILES string of the molecule is Cc1ccc(C(NN)c2ccncc2)cn1. The number of pyridine rings is 2. The Kier molecular flexibility index (Phi) is 3.24. The number of nitrogens with one attached hydrogen (secondary N) is 1. The maximum absolute atomic E-state index is 5.58. The number of hydrazine groups is 1. The molecular weight excluding hydrogens is 200 g/mol. The van der Waals surface area contributed by atoms with Crippen LogP contribution in [-0.2, 0) is 0 Å². The lowest BCUT2D eigenvalue weighted by Crippen LogP contribution is -2.28. The summed E-state index contributed by atoms with van der Waals surface area (Å²) in [6.45, 7) is 1.96. The van der Waals surface area contributed by atoms with Crippen LogP contribution in [0.5, 0.6) is 0 Å². The summed E-state index contributed by atoms with van der Waals surface area (Å²) >= 11 is 0. The molecule has 2 heterocycles. The van der Waals surface area contributed by atoms with Crippen LogP contribution in [-0.4, -0.2) is 9.97 Å². The lowest BCUT2D eigenvalue weighted by molar-refractivity contribution is 0.633. The van der Waals surface area contributed by atoms with Crippen LogP contribution >= 0.6 is 0 Å². The van der Waals surface area contributed by atoms with Crippen LogP contribution in [0.15, 0.2) is 42.9 Å². The van der Waals surface area contributed by atoms with Gasteiger partial charge in [0, 0.05) is 24.3 Å². The van der Waals surface area contributed by atoms with E-state index in [1.54, 1.807) is 12.4 Å². The molecule has 0 fully saturated rings. The Morgan fingerprint density at radius 1 is 1.12 bits per heavy atom. The Morgan fingerprint density at radius 2 is 1.88 bits per heavy atom. The molecule has 0 saturated carbocycles. The van der Waals surface area contributed by atoms with Gasteiger partial charge in [0.05, 0.1) is 6.04 Å². The molecule has 0 radical (unpaired) electrons. The van der Waals surface area contributed by atoms with Gasteiger partial charge in [0.25, 0.3) is 0 Å². The zero-order valence-corrected chi connectivity index (χ0v) is 9.09. The molecule has 0 aliphatic rings. The van der Waals surface area contributed by atoms with E-state index in [0.717, 1.165) is 16.8 Å². The number of aromatic nitrogens is 2. The van der Waals surface area contributed by atoms with E-state index in [1.807, 2.05) is 37.4 Å². The normalized spacial score (nSPS) is 12.4. The van der Waals surface area contributed by atoms with Crippen molar-refractivity contribution < 1.29 is 0 Å². The van der Waals surface area contributed by atoms with Crippen LogP contribution in [0.3, 0.4) is 0 Å². The first-order chi connectivity index (χ1) is 7.81. The number of aryl methyl sites for hydroxylation is 1. The van der Waals surface area contributed by atoms with E-state index in [2.05, 4.69) is 15.4 Å². The summed E-state index contributed by atoms with van der Waals surface area (Å²) in [6.07, 6.45) is 5.34. The van der Waals surface area contributed by atoms with Crippen molar-refractivity contribution in [2.45, 2.75) is 13.0 Å². The molecule has 0 amide bonds. The summed E-state index contributed by atoms with van der Waals surface area (Å²) in [5.41, 5.74) is 5.89. The van der Waals surface area contributed by atoms with Gasteiger partial charge in [-0.3, -0.25) is 15.8 Å². The summed E-state index contributed by atoms with van der Waals surface area (Å²) in [7, 11) is 0. The zero-order valence-electron chi connectivity index (χ0n) is 9.09. The highest BCUT2D eigenvalue weighted by Crippen LogP contribution is 2.19. The average Bonchev–Trinajstić information content (AvgIpc) is 2.34. The molecule has 3 N–H and O–H groups in total. The molecule has 0 aliphatic heterocycles. The van der Waals surface area contributed by atoms with Gasteiger partial charge in [0.15, 0.2) is 0 Å². The van der Waals surface area contributed by atoms with Gasteiger partial charge in [-0.15, -0.1) is 0 Å². The van der Waals surface area contributed by atoms with Crippen molar-refractivity contribution in [1.82, 2.24) is 15.4 Å². The molecule has 16 heavy (non-hydrogen) atoms. The quantitative estimate of drug-likeness (QED) is 0.597. The van der Waals surface area contributed by atoms with E-state index in [1.165, 1.54) is 0 Å². The van der Waals surface area contributed by atoms with Gasteiger partial charge in [-0.25, -0.2) is 5.43 Å². The monoisotopic (exact) mass is 214 g/mol. The van der Waals surface area contributed by atoms with Gasteiger partial charge in [-0.2, -0.15) is 0 Å². The lowest BCUT2D eigenvalue weighted by Gasteiger charge is -2.16. The summed E-state index contributed by atoms with van der Waals surface area (Å²) in [5.74, 6) is 5.58. The predicted octanol–water partition coefficient (Wildman–Crippen LogP) is 1.34. The van der Waals surface area contributed by atoms with Crippen LogP contribution in [0, 0.1) is 6.92 Å². The lowest BCUT2D eigenvalue weighted by atomic mass is 10.0. The van der Waals surface area contributed by atoms with Gasteiger partial charge >= 0.3 is 0 Å². The highest BCUT2D eigenvalue weighted by atomic mass is 15.2. The molecule has 82 valence electrons. The van der Waals surface area contributed by atoms with Crippen molar-refractivity contribution in [3.63, 3.8) is 0 Å². The first-order valence-electron chi connectivity index (χ1n) is 5.10. The second-order valence-electron chi connectivity index (χ2n) is 3.61. The Hall–Kier alpha value is -1.78. The highest BCUT2D eigenvalue weighted by Gasteiger charge is 2.11. The van der Waals surface area contributed by atoms with Crippen LogP contribution in [0.2, 0.25) is 0 Å². The summed E-state index contributed by atoms with van der Waals surface area (Å²) in [4.78, 5) is 8.25. The Labute approximate surface area is 94.5 Å². The van der Waals surface area contributed by atoms with Crippen molar-refractivity contribution in [2.24, 2.45) is 5.84 Å². The molecule has 1 atom stereocenters. The van der Waals surface area contributed by atoms with E-state index < -0.39 is 0 Å². The summed E-state index contributed by atoms with van der Waals surface area (Å²) in [5, 5.41) is 0. The minimum Gasteiger partial charge on any atom is -0.271 e. The summed E-state index contributed by atoms with van der Waals surface area (Å²) < 4.78 is 0. The molecule has 1 unspecified atom stereocenters. The van der Waals surface area contributed by atoms with Crippen LogP contribution in [0.25, 0.3) is 0 Å². The molecule has 0 spiro atoms. The first-order valence-corrected chi connectivity index (χ1v) is 5.10. The zero-order chi connectivity index (χ0) is 11.4. The second-order valence-corrected chi connectivity index (χ2v) is 3.61. The van der Waals surface area contributed by atoms with Crippen LogP contribution in [0.4, 0.5) is 0 Å². The molecule has 2 aromatic heterocycles. The minimum atomic E-state index is -0.0453. The Balaban J connectivity index is 2.33. The van der Waals surface area contributed by atoms with E-state index in [4.69, 9.17) is 5.84 Å². The van der Waals surface area contributed by atoms with E-state index in [0.29, 0.717) is 0 Å². The largest absolute Gasteiger partial charge is 0.271 e. The smallest absolute Gasteiger partial charge is 0.0726 e. The molecule has 0 bridgehead atoms. The number of hydrogen-bond acceptors (Lipinski definition) is 4. The number of nitrogens with zero attached hydrogens (tertiary/aromatic N) is 2. The third-order valence-corrected chi connectivity index (χ3v) is 2.47. The third-order valence-electron chi connectivity index (χ3n) is 2.47. The second kappa shape index (κ2) is 4.83. The molecule has 0 aromatic carbocycles. The Morgan fingerprint density at radius 3 is 2.44 bits per heavy atom. The fourth-order valence-electron chi connectivity index (χ4n) is 1.59. The van der Waals surface area contributed by atoms with Crippen molar-refractivity contribution >= 4 is 0 Å². The van der Waals surface area contributed by atoms with Gasteiger partial charge in [-0.1, -0.05) is 6.07 Å². The average molecular weight is 214 g/mol. The van der Waals surface area contributed by atoms with Crippen molar-refractivity contribution in [3.05, 3.63) is 59.7 Å². The van der Waals surface area contributed by atoms with Crippen LogP contribution < -0.4 is 11.3 Å².